The predicted octanol–water partition coefficient (Wildman–Crippen LogP) is 2.23. The number of aliphatic hydroxyl groups excluding tert-OH is 1. The van der Waals surface area contributed by atoms with Gasteiger partial charge < -0.3 is 10.4 Å². The SMILES string of the molecule is CC(O)c1cccc(NS(=O)(=O)C[C@H](CCc2ccccc2)NC=O)c1. The van der Waals surface area contributed by atoms with Crippen LogP contribution < -0.4 is 10.0 Å². The molecule has 0 heterocycles. The number of anilines is 1. The Morgan fingerprint density at radius 1 is 1.12 bits per heavy atom. The highest BCUT2D eigenvalue weighted by molar-refractivity contribution is 7.92. The molecule has 0 aliphatic rings. The minimum Gasteiger partial charge on any atom is -0.389 e. The lowest BCUT2D eigenvalue weighted by Gasteiger charge is -2.17. The maximum atomic E-state index is 12.4. The summed E-state index contributed by atoms with van der Waals surface area (Å²) in [5, 5.41) is 12.2. The molecule has 2 rings (SSSR count). The van der Waals surface area contributed by atoms with E-state index in [1.54, 1.807) is 31.2 Å². The molecule has 2 aromatic carbocycles. The summed E-state index contributed by atoms with van der Waals surface area (Å²) in [7, 11) is -3.66. The van der Waals surface area contributed by atoms with Crippen LogP contribution >= 0.6 is 0 Å². The number of nitrogens with one attached hydrogen (secondary N) is 2. The molecule has 0 aliphatic carbocycles. The average molecular weight is 376 g/mol. The van der Waals surface area contributed by atoms with Crippen molar-refractivity contribution in [3.05, 3.63) is 65.7 Å². The molecule has 6 nitrogen and oxygen atoms in total. The normalized spacial score (nSPS) is 13.6. The lowest BCUT2D eigenvalue weighted by Crippen LogP contribution is -2.37. The fourth-order valence-electron chi connectivity index (χ4n) is 2.64. The second-order valence-corrected chi connectivity index (χ2v) is 7.96. The summed E-state index contributed by atoms with van der Waals surface area (Å²) in [4.78, 5) is 10.8. The third-order valence-corrected chi connectivity index (χ3v) is 5.38. The van der Waals surface area contributed by atoms with E-state index in [4.69, 9.17) is 0 Å². The highest BCUT2D eigenvalue weighted by Gasteiger charge is 2.19. The Morgan fingerprint density at radius 3 is 2.50 bits per heavy atom. The summed E-state index contributed by atoms with van der Waals surface area (Å²) in [5.41, 5.74) is 2.09. The number of carbonyl (C=O) groups excluding carboxylic acids is 1. The highest BCUT2D eigenvalue weighted by Crippen LogP contribution is 2.18. The van der Waals surface area contributed by atoms with Gasteiger partial charge in [-0.2, -0.15) is 0 Å². The summed E-state index contributed by atoms with van der Waals surface area (Å²) < 4.78 is 27.4. The first-order valence-electron chi connectivity index (χ1n) is 8.42. The van der Waals surface area contributed by atoms with Gasteiger partial charge in [0.15, 0.2) is 0 Å². The Kier molecular flexibility index (Phi) is 7.17. The van der Waals surface area contributed by atoms with Gasteiger partial charge in [0, 0.05) is 11.7 Å². The molecule has 7 heteroatoms. The lowest BCUT2D eigenvalue weighted by atomic mass is 10.1. The first-order valence-corrected chi connectivity index (χ1v) is 10.1. The fourth-order valence-corrected chi connectivity index (χ4v) is 4.01. The molecular formula is C19H24N2O4S. The van der Waals surface area contributed by atoms with Gasteiger partial charge in [0.25, 0.3) is 0 Å². The van der Waals surface area contributed by atoms with Crippen LogP contribution in [0.15, 0.2) is 54.6 Å². The molecule has 0 fully saturated rings. The van der Waals surface area contributed by atoms with Crippen LogP contribution in [0.5, 0.6) is 0 Å². The quantitative estimate of drug-likeness (QED) is 0.554. The van der Waals surface area contributed by atoms with Gasteiger partial charge in [-0.1, -0.05) is 42.5 Å². The van der Waals surface area contributed by atoms with Crippen LogP contribution in [0, 0.1) is 0 Å². The first-order chi connectivity index (χ1) is 12.4. The van der Waals surface area contributed by atoms with E-state index in [1.807, 2.05) is 30.3 Å². The zero-order valence-corrected chi connectivity index (χ0v) is 15.4. The third kappa shape index (κ3) is 6.50. The number of sulfonamides is 1. The van der Waals surface area contributed by atoms with Gasteiger partial charge in [-0.05, 0) is 43.0 Å². The molecule has 1 unspecified atom stereocenters. The summed E-state index contributed by atoms with van der Waals surface area (Å²) in [5.74, 6) is -0.225. The smallest absolute Gasteiger partial charge is 0.234 e. The van der Waals surface area contributed by atoms with Crippen molar-refractivity contribution in [2.24, 2.45) is 0 Å². The van der Waals surface area contributed by atoms with Gasteiger partial charge in [-0.25, -0.2) is 8.42 Å². The van der Waals surface area contributed by atoms with E-state index in [1.165, 1.54) is 0 Å². The van der Waals surface area contributed by atoms with Crippen molar-refractivity contribution < 1.29 is 18.3 Å². The summed E-state index contributed by atoms with van der Waals surface area (Å²) in [6.45, 7) is 1.61. The van der Waals surface area contributed by atoms with Crippen molar-refractivity contribution in [2.75, 3.05) is 10.5 Å². The van der Waals surface area contributed by atoms with Crippen molar-refractivity contribution in [1.82, 2.24) is 5.32 Å². The molecule has 2 aromatic rings. The predicted molar refractivity (Wildman–Crippen MR) is 102 cm³/mol. The molecule has 0 spiro atoms. The Morgan fingerprint density at radius 2 is 1.85 bits per heavy atom. The largest absolute Gasteiger partial charge is 0.389 e. The second kappa shape index (κ2) is 9.35. The van der Waals surface area contributed by atoms with Crippen molar-refractivity contribution in [2.45, 2.75) is 31.9 Å². The van der Waals surface area contributed by atoms with E-state index in [-0.39, 0.29) is 5.75 Å². The zero-order valence-electron chi connectivity index (χ0n) is 14.6. The van der Waals surface area contributed by atoms with E-state index >= 15 is 0 Å². The number of hydrogen-bond donors (Lipinski definition) is 3. The maximum absolute atomic E-state index is 12.4. The van der Waals surface area contributed by atoms with Crippen molar-refractivity contribution in [3.63, 3.8) is 0 Å². The van der Waals surface area contributed by atoms with Crippen LogP contribution in [0.4, 0.5) is 5.69 Å². The Bertz CT molecular complexity index is 807. The monoisotopic (exact) mass is 376 g/mol. The summed E-state index contributed by atoms with van der Waals surface area (Å²) in [6.07, 6.45) is 1.02. The molecule has 140 valence electrons. The number of rotatable bonds is 10. The van der Waals surface area contributed by atoms with E-state index in [0.717, 1.165) is 5.56 Å². The van der Waals surface area contributed by atoms with E-state index in [9.17, 15) is 18.3 Å². The number of hydrogen-bond acceptors (Lipinski definition) is 4. The van der Waals surface area contributed by atoms with E-state index in [2.05, 4.69) is 10.0 Å². The maximum Gasteiger partial charge on any atom is 0.234 e. The molecule has 0 aromatic heterocycles. The van der Waals surface area contributed by atoms with Gasteiger partial charge >= 0.3 is 0 Å². The van der Waals surface area contributed by atoms with Crippen LogP contribution in [0.25, 0.3) is 0 Å². The van der Waals surface area contributed by atoms with Crippen LogP contribution in [0.3, 0.4) is 0 Å². The van der Waals surface area contributed by atoms with Gasteiger partial charge in [0.05, 0.1) is 11.9 Å². The highest BCUT2D eigenvalue weighted by atomic mass is 32.2. The first kappa shape index (κ1) is 19.9. The lowest BCUT2D eigenvalue weighted by molar-refractivity contribution is -0.110. The zero-order chi connectivity index (χ0) is 19.0. The molecule has 26 heavy (non-hydrogen) atoms. The van der Waals surface area contributed by atoms with Gasteiger partial charge in [-0.15, -0.1) is 0 Å². The minimum absolute atomic E-state index is 0.225. The standard InChI is InChI=1S/C19H24N2O4S/c1-15(23)17-8-5-9-18(12-17)21-26(24,25)13-19(20-14-22)11-10-16-6-3-2-4-7-16/h2-9,12,14-15,19,21,23H,10-11,13H2,1H3,(H,20,22)/t15?,19-/m0/s1. The minimum atomic E-state index is -3.66. The molecule has 1 amide bonds. The number of benzene rings is 2. The number of aliphatic hydroxyl groups is 1. The second-order valence-electron chi connectivity index (χ2n) is 6.19. The number of amides is 1. The summed E-state index contributed by atoms with van der Waals surface area (Å²) >= 11 is 0. The van der Waals surface area contributed by atoms with E-state index < -0.39 is 22.2 Å². The molecule has 2 atom stereocenters. The molecule has 0 aliphatic heterocycles. The molecule has 0 bridgehead atoms. The van der Waals surface area contributed by atoms with Gasteiger partial charge in [0.2, 0.25) is 16.4 Å². The number of aryl methyl sites for hydroxylation is 1. The Hall–Kier alpha value is -2.38. The van der Waals surface area contributed by atoms with E-state index in [0.29, 0.717) is 30.5 Å². The van der Waals surface area contributed by atoms with Gasteiger partial charge in [0.1, 0.15) is 0 Å². The van der Waals surface area contributed by atoms with Gasteiger partial charge in [-0.3, -0.25) is 9.52 Å². The summed E-state index contributed by atoms with van der Waals surface area (Å²) in [6, 6.07) is 15.8. The van der Waals surface area contributed by atoms with Crippen molar-refractivity contribution in [3.8, 4) is 0 Å². The van der Waals surface area contributed by atoms with Crippen LogP contribution in [0.1, 0.15) is 30.6 Å². The Labute approximate surface area is 154 Å². The Balaban J connectivity index is 2.01. The van der Waals surface area contributed by atoms with Crippen molar-refractivity contribution in [1.29, 1.82) is 0 Å². The van der Waals surface area contributed by atoms with Crippen LogP contribution in [0.2, 0.25) is 0 Å². The van der Waals surface area contributed by atoms with Crippen LogP contribution in [-0.2, 0) is 21.2 Å². The molecule has 3 N–H and O–H groups in total. The fraction of sp³-hybridized carbons (Fsp3) is 0.316. The van der Waals surface area contributed by atoms with Crippen molar-refractivity contribution >= 4 is 22.1 Å². The average Bonchev–Trinajstić information content (AvgIpc) is 2.60. The van der Waals surface area contributed by atoms with Crippen LogP contribution in [-0.4, -0.2) is 31.7 Å². The molecule has 0 saturated carbocycles. The topological polar surface area (TPSA) is 95.5 Å². The number of carbonyl (C=O) groups is 1. The molecule has 0 radical (unpaired) electrons. The third-order valence-electron chi connectivity index (χ3n) is 3.99. The molecule has 0 saturated heterocycles. The molecular weight excluding hydrogens is 352 g/mol.